The van der Waals surface area contributed by atoms with E-state index in [2.05, 4.69) is 5.10 Å². The topological polar surface area (TPSA) is 34.9 Å². The first-order valence-electron chi connectivity index (χ1n) is 6.54. The average Bonchev–Trinajstić information content (AvgIpc) is 2.99. The maximum Gasteiger partial charge on any atom is 0.293 e. The van der Waals surface area contributed by atoms with E-state index in [9.17, 15) is 22.4 Å². The van der Waals surface area contributed by atoms with Gasteiger partial charge in [0.1, 0.15) is 17.9 Å². The molecule has 1 fully saturated rings. The highest BCUT2D eigenvalue weighted by Gasteiger charge is 2.67. The standard InChI is InChI=1S/C13H14F4N2O/c1-5(2)8(20)4-19-11-9(10(18-19)12(14)15)6-3-7(6)13(11,16)17/h5-7,12H,3-4H2,1-2H3/t6-,7+/m0/s1. The van der Waals surface area contributed by atoms with Crippen molar-refractivity contribution in [3.8, 4) is 0 Å². The van der Waals surface area contributed by atoms with Crippen LogP contribution >= 0.6 is 0 Å². The molecule has 0 aliphatic heterocycles. The number of ketones is 1. The first-order valence-corrected chi connectivity index (χ1v) is 6.54. The Bertz CT molecular complexity index is 579. The highest BCUT2D eigenvalue weighted by atomic mass is 19.3. The molecule has 0 amide bonds. The normalized spacial score (nSPS) is 26.0. The van der Waals surface area contributed by atoms with Gasteiger partial charge in [-0.05, 0) is 12.3 Å². The van der Waals surface area contributed by atoms with E-state index in [0.717, 1.165) is 4.68 Å². The molecule has 0 spiro atoms. The highest BCUT2D eigenvalue weighted by molar-refractivity contribution is 5.80. The molecule has 0 bridgehead atoms. The number of hydrogen-bond donors (Lipinski definition) is 0. The van der Waals surface area contributed by atoms with Crippen LogP contribution in [-0.4, -0.2) is 15.6 Å². The number of alkyl halides is 4. The molecular weight excluding hydrogens is 276 g/mol. The molecule has 1 aromatic rings. The average molecular weight is 290 g/mol. The molecule has 20 heavy (non-hydrogen) atoms. The number of fused-ring (bicyclic) bond motifs is 3. The monoisotopic (exact) mass is 290 g/mol. The summed E-state index contributed by atoms with van der Waals surface area (Å²) < 4.78 is 55.0. The van der Waals surface area contributed by atoms with Crippen molar-refractivity contribution in [1.29, 1.82) is 0 Å². The number of aromatic nitrogens is 2. The minimum atomic E-state index is -3.16. The van der Waals surface area contributed by atoms with Crippen molar-refractivity contribution >= 4 is 5.78 Å². The van der Waals surface area contributed by atoms with Crippen molar-refractivity contribution in [3.05, 3.63) is 17.0 Å². The van der Waals surface area contributed by atoms with Crippen LogP contribution < -0.4 is 0 Å². The maximum atomic E-state index is 14.1. The van der Waals surface area contributed by atoms with Gasteiger partial charge in [0.05, 0.1) is 0 Å². The molecule has 1 heterocycles. The lowest BCUT2D eigenvalue weighted by atomic mass is 10.1. The molecule has 7 heteroatoms. The highest BCUT2D eigenvalue weighted by Crippen LogP contribution is 2.68. The zero-order valence-corrected chi connectivity index (χ0v) is 11.0. The van der Waals surface area contributed by atoms with Gasteiger partial charge in [-0.25, -0.2) is 8.78 Å². The van der Waals surface area contributed by atoms with Gasteiger partial charge in [-0.2, -0.15) is 13.9 Å². The van der Waals surface area contributed by atoms with E-state index in [4.69, 9.17) is 0 Å². The second-order valence-corrected chi connectivity index (χ2v) is 5.80. The van der Waals surface area contributed by atoms with E-state index in [1.165, 1.54) is 0 Å². The Labute approximate surface area is 113 Å². The molecule has 0 saturated heterocycles. The molecule has 1 aromatic heterocycles. The summed E-state index contributed by atoms with van der Waals surface area (Å²) in [6.07, 6.45) is -2.67. The van der Waals surface area contributed by atoms with Crippen molar-refractivity contribution in [2.75, 3.05) is 0 Å². The Balaban J connectivity index is 2.07. The molecule has 0 N–H and O–H groups in total. The van der Waals surface area contributed by atoms with Gasteiger partial charge in [-0.15, -0.1) is 0 Å². The molecule has 0 unspecified atom stereocenters. The first kappa shape index (κ1) is 13.6. The molecule has 2 aliphatic rings. The Morgan fingerprint density at radius 2 is 2.10 bits per heavy atom. The number of nitrogens with zero attached hydrogens (tertiary/aromatic N) is 2. The van der Waals surface area contributed by atoms with Crippen molar-refractivity contribution in [2.24, 2.45) is 11.8 Å². The molecule has 1 saturated carbocycles. The van der Waals surface area contributed by atoms with Gasteiger partial charge in [0.25, 0.3) is 12.3 Å². The third-order valence-corrected chi connectivity index (χ3v) is 4.12. The molecule has 2 aliphatic carbocycles. The van der Waals surface area contributed by atoms with E-state index >= 15 is 0 Å². The van der Waals surface area contributed by atoms with Crippen LogP contribution in [0.15, 0.2) is 0 Å². The van der Waals surface area contributed by atoms with E-state index in [1.807, 2.05) is 0 Å². The minimum absolute atomic E-state index is 0.0217. The van der Waals surface area contributed by atoms with Gasteiger partial charge in [0.2, 0.25) is 0 Å². The Morgan fingerprint density at radius 3 is 2.65 bits per heavy atom. The van der Waals surface area contributed by atoms with Crippen LogP contribution in [0.3, 0.4) is 0 Å². The maximum absolute atomic E-state index is 14.1. The summed E-state index contributed by atoms with van der Waals surface area (Å²) in [4.78, 5) is 11.7. The Hall–Kier alpha value is -1.40. The van der Waals surface area contributed by atoms with Crippen molar-refractivity contribution < 1.29 is 22.4 Å². The summed E-state index contributed by atoms with van der Waals surface area (Å²) >= 11 is 0. The van der Waals surface area contributed by atoms with E-state index in [0.29, 0.717) is 0 Å². The lowest BCUT2D eigenvalue weighted by Gasteiger charge is -2.15. The van der Waals surface area contributed by atoms with Crippen molar-refractivity contribution in [2.45, 2.75) is 45.1 Å². The second kappa shape index (κ2) is 4.05. The van der Waals surface area contributed by atoms with E-state index in [-0.39, 0.29) is 30.2 Å². The van der Waals surface area contributed by atoms with Gasteiger partial charge < -0.3 is 0 Å². The van der Waals surface area contributed by atoms with Gasteiger partial charge in [-0.3, -0.25) is 9.48 Å². The number of carbonyl (C=O) groups is 1. The zero-order valence-electron chi connectivity index (χ0n) is 11.0. The van der Waals surface area contributed by atoms with Crippen LogP contribution in [0.5, 0.6) is 0 Å². The summed E-state index contributed by atoms with van der Waals surface area (Å²) in [6.45, 7) is 2.90. The first-order chi connectivity index (χ1) is 9.25. The molecule has 3 nitrogen and oxygen atoms in total. The fourth-order valence-electron chi connectivity index (χ4n) is 2.91. The summed E-state index contributed by atoms with van der Waals surface area (Å²) in [6, 6.07) is 0. The van der Waals surface area contributed by atoms with Crippen LogP contribution in [-0.2, 0) is 17.3 Å². The Morgan fingerprint density at radius 1 is 1.45 bits per heavy atom. The van der Waals surface area contributed by atoms with E-state index < -0.39 is 35.6 Å². The van der Waals surface area contributed by atoms with Crippen LogP contribution in [0.1, 0.15) is 49.6 Å². The third-order valence-electron chi connectivity index (χ3n) is 4.12. The van der Waals surface area contributed by atoms with Crippen LogP contribution in [0.2, 0.25) is 0 Å². The fraction of sp³-hybridized carbons (Fsp3) is 0.692. The molecule has 0 radical (unpaired) electrons. The van der Waals surface area contributed by atoms with Gasteiger partial charge in [-0.1, -0.05) is 13.8 Å². The van der Waals surface area contributed by atoms with Crippen molar-refractivity contribution in [1.82, 2.24) is 9.78 Å². The van der Waals surface area contributed by atoms with Crippen LogP contribution in [0.4, 0.5) is 17.6 Å². The minimum Gasteiger partial charge on any atom is -0.297 e. The van der Waals surface area contributed by atoms with Crippen LogP contribution in [0, 0.1) is 11.8 Å². The fourth-order valence-corrected chi connectivity index (χ4v) is 2.91. The lowest BCUT2D eigenvalue weighted by Crippen LogP contribution is -2.24. The number of carbonyl (C=O) groups excluding carboxylic acids is 1. The molecule has 2 atom stereocenters. The number of halogens is 4. The largest absolute Gasteiger partial charge is 0.297 e. The SMILES string of the molecule is CC(C)C(=O)Cn1nc(C(F)F)c2c1C(F)(F)[C@@H]1C[C@H]21. The van der Waals surface area contributed by atoms with Crippen molar-refractivity contribution in [3.63, 3.8) is 0 Å². The molecular formula is C13H14F4N2O. The van der Waals surface area contributed by atoms with Gasteiger partial charge in [0.15, 0.2) is 5.78 Å². The number of hydrogen-bond acceptors (Lipinski definition) is 2. The molecule has 110 valence electrons. The molecule has 0 aromatic carbocycles. The summed E-state index contributed by atoms with van der Waals surface area (Å²) in [5.74, 6) is -5.22. The zero-order chi connectivity index (χ0) is 14.8. The molecule has 3 rings (SSSR count). The third kappa shape index (κ3) is 1.71. The summed E-state index contributed by atoms with van der Waals surface area (Å²) in [5.41, 5.74) is -1.07. The summed E-state index contributed by atoms with van der Waals surface area (Å²) in [5, 5.41) is 3.59. The number of rotatable bonds is 4. The lowest BCUT2D eigenvalue weighted by molar-refractivity contribution is -0.122. The summed E-state index contributed by atoms with van der Waals surface area (Å²) in [7, 11) is 0. The van der Waals surface area contributed by atoms with Gasteiger partial charge >= 0.3 is 0 Å². The predicted octanol–water partition coefficient (Wildman–Crippen LogP) is 3.25. The van der Waals surface area contributed by atoms with E-state index in [1.54, 1.807) is 13.8 Å². The van der Waals surface area contributed by atoms with Crippen LogP contribution in [0.25, 0.3) is 0 Å². The Kier molecular flexibility index (Phi) is 2.75. The smallest absolute Gasteiger partial charge is 0.293 e. The van der Waals surface area contributed by atoms with Gasteiger partial charge in [0, 0.05) is 17.4 Å². The predicted molar refractivity (Wildman–Crippen MR) is 61.8 cm³/mol. The second-order valence-electron chi connectivity index (χ2n) is 5.80. The quantitative estimate of drug-likeness (QED) is 0.798. The number of Topliss-reactive ketones (excluding diaryl/α,β-unsaturated/α-hetero) is 1.